The van der Waals surface area contributed by atoms with Gasteiger partial charge in [-0.15, -0.1) is 12.4 Å². The normalized spacial score (nSPS) is 19.6. The van der Waals surface area contributed by atoms with Crippen molar-refractivity contribution in [3.63, 3.8) is 0 Å². The van der Waals surface area contributed by atoms with E-state index in [1.165, 1.54) is 24.3 Å². The van der Waals surface area contributed by atoms with Crippen LogP contribution in [0.1, 0.15) is 40.2 Å². The summed E-state index contributed by atoms with van der Waals surface area (Å²) in [4.78, 5) is 14.5. The summed E-state index contributed by atoms with van der Waals surface area (Å²) >= 11 is 0. The molecule has 2 aromatic rings. The molecule has 30 heavy (non-hydrogen) atoms. The molecule has 2 aliphatic rings. The van der Waals surface area contributed by atoms with Crippen LogP contribution in [-0.4, -0.2) is 43.6 Å². The fraction of sp³-hybridized carbons (Fsp3) is 0.391. The van der Waals surface area contributed by atoms with Crippen LogP contribution in [0.3, 0.4) is 0 Å². The zero-order valence-corrected chi connectivity index (χ0v) is 17.5. The SMILES string of the molecule is Cl.N#Cc1ccc2c(c1)[C@H]1CN(CCCCNC(=O)c3ccc(F)cc3)C[C@@H]1CO2. The molecule has 0 spiro atoms. The van der Waals surface area contributed by atoms with Crippen LogP contribution >= 0.6 is 12.4 Å². The van der Waals surface area contributed by atoms with E-state index in [0.717, 1.165) is 50.4 Å². The van der Waals surface area contributed by atoms with Gasteiger partial charge >= 0.3 is 0 Å². The third-order valence-electron chi connectivity index (χ3n) is 5.80. The minimum absolute atomic E-state index is 0. The third kappa shape index (κ3) is 4.92. The zero-order valence-electron chi connectivity index (χ0n) is 16.6. The lowest BCUT2D eigenvalue weighted by Gasteiger charge is -2.27. The number of benzene rings is 2. The average molecular weight is 430 g/mol. The molecule has 0 aliphatic carbocycles. The van der Waals surface area contributed by atoms with Crippen molar-refractivity contribution in [2.75, 3.05) is 32.8 Å². The fourth-order valence-electron chi connectivity index (χ4n) is 4.27. The van der Waals surface area contributed by atoms with Crippen molar-refractivity contribution in [1.82, 2.24) is 10.2 Å². The number of carbonyl (C=O) groups excluding carboxylic acids is 1. The predicted octanol–water partition coefficient (Wildman–Crippen LogP) is 3.74. The first kappa shape index (κ1) is 22.1. The lowest BCUT2D eigenvalue weighted by molar-refractivity contribution is 0.0952. The van der Waals surface area contributed by atoms with Crippen LogP contribution in [0, 0.1) is 23.1 Å². The lowest BCUT2D eigenvalue weighted by atomic mass is 9.86. The highest BCUT2D eigenvalue weighted by atomic mass is 35.5. The van der Waals surface area contributed by atoms with Gasteiger partial charge in [-0.05, 0) is 61.9 Å². The van der Waals surface area contributed by atoms with E-state index < -0.39 is 0 Å². The monoisotopic (exact) mass is 429 g/mol. The number of nitriles is 1. The smallest absolute Gasteiger partial charge is 0.251 e. The number of nitrogens with one attached hydrogen (secondary N) is 1. The van der Waals surface area contributed by atoms with Crippen LogP contribution in [-0.2, 0) is 0 Å². The summed E-state index contributed by atoms with van der Waals surface area (Å²) in [7, 11) is 0. The van der Waals surface area contributed by atoms with Gasteiger partial charge < -0.3 is 15.0 Å². The topological polar surface area (TPSA) is 65.4 Å². The highest BCUT2D eigenvalue weighted by Crippen LogP contribution is 2.41. The molecule has 2 heterocycles. The molecule has 1 amide bonds. The van der Waals surface area contributed by atoms with Crippen molar-refractivity contribution in [2.24, 2.45) is 5.92 Å². The van der Waals surface area contributed by atoms with E-state index in [2.05, 4.69) is 16.3 Å². The first-order valence-electron chi connectivity index (χ1n) is 10.1. The number of hydrogen-bond donors (Lipinski definition) is 1. The van der Waals surface area contributed by atoms with Crippen LogP contribution in [0.5, 0.6) is 5.75 Å². The summed E-state index contributed by atoms with van der Waals surface area (Å²) in [5.41, 5.74) is 2.32. The van der Waals surface area contributed by atoms with Gasteiger partial charge in [0.1, 0.15) is 11.6 Å². The predicted molar refractivity (Wildman–Crippen MR) is 115 cm³/mol. The third-order valence-corrected chi connectivity index (χ3v) is 5.80. The number of likely N-dealkylation sites (tertiary alicyclic amines) is 1. The van der Waals surface area contributed by atoms with Gasteiger partial charge in [-0.2, -0.15) is 5.26 Å². The van der Waals surface area contributed by atoms with E-state index >= 15 is 0 Å². The van der Waals surface area contributed by atoms with Crippen molar-refractivity contribution in [2.45, 2.75) is 18.8 Å². The minimum atomic E-state index is -0.343. The van der Waals surface area contributed by atoms with E-state index in [1.807, 2.05) is 18.2 Å². The fourth-order valence-corrected chi connectivity index (χ4v) is 4.27. The van der Waals surface area contributed by atoms with E-state index in [-0.39, 0.29) is 24.1 Å². The largest absolute Gasteiger partial charge is 0.493 e. The second kappa shape index (κ2) is 9.92. The quantitative estimate of drug-likeness (QED) is 0.710. The van der Waals surface area contributed by atoms with E-state index in [4.69, 9.17) is 4.74 Å². The van der Waals surface area contributed by atoms with Gasteiger partial charge in [0, 0.05) is 42.6 Å². The molecule has 4 rings (SSSR count). The average Bonchev–Trinajstić information content (AvgIpc) is 3.17. The second-order valence-electron chi connectivity index (χ2n) is 7.77. The summed E-state index contributed by atoms with van der Waals surface area (Å²) < 4.78 is 18.8. The summed E-state index contributed by atoms with van der Waals surface area (Å²) in [6, 6.07) is 13.5. The first-order chi connectivity index (χ1) is 14.1. The Morgan fingerprint density at radius 1 is 1.20 bits per heavy atom. The Balaban J connectivity index is 0.00000256. The van der Waals surface area contributed by atoms with Crippen molar-refractivity contribution in [3.05, 3.63) is 65.0 Å². The van der Waals surface area contributed by atoms with Gasteiger partial charge in [0.15, 0.2) is 0 Å². The van der Waals surface area contributed by atoms with E-state index in [0.29, 0.717) is 29.5 Å². The van der Waals surface area contributed by atoms with Crippen LogP contribution in [0.2, 0.25) is 0 Å². The number of fused-ring (bicyclic) bond motifs is 3. The number of rotatable bonds is 6. The Morgan fingerprint density at radius 2 is 2.00 bits per heavy atom. The van der Waals surface area contributed by atoms with Crippen molar-refractivity contribution < 1.29 is 13.9 Å². The first-order valence-corrected chi connectivity index (χ1v) is 10.1. The van der Waals surface area contributed by atoms with Crippen molar-refractivity contribution >= 4 is 18.3 Å². The molecule has 1 N–H and O–H groups in total. The van der Waals surface area contributed by atoms with E-state index in [9.17, 15) is 14.4 Å². The van der Waals surface area contributed by atoms with Crippen LogP contribution in [0.4, 0.5) is 4.39 Å². The summed E-state index contributed by atoms with van der Waals surface area (Å²) in [5.74, 6) is 1.29. The van der Waals surface area contributed by atoms with Crippen LogP contribution < -0.4 is 10.1 Å². The molecule has 2 aromatic carbocycles. The number of amides is 1. The van der Waals surface area contributed by atoms with Gasteiger partial charge in [0.25, 0.3) is 5.91 Å². The summed E-state index contributed by atoms with van der Waals surface area (Å²) in [6.07, 6.45) is 1.89. The molecule has 0 aromatic heterocycles. The number of carbonyl (C=O) groups is 1. The Morgan fingerprint density at radius 3 is 2.77 bits per heavy atom. The molecule has 2 atom stereocenters. The Hall–Kier alpha value is -2.62. The van der Waals surface area contributed by atoms with Gasteiger partial charge in [-0.1, -0.05) is 0 Å². The number of hydrogen-bond acceptors (Lipinski definition) is 4. The lowest BCUT2D eigenvalue weighted by Crippen LogP contribution is -2.27. The number of unbranched alkanes of at least 4 members (excludes halogenated alkanes) is 1. The molecule has 2 aliphatic heterocycles. The Labute approximate surface area is 182 Å². The summed E-state index contributed by atoms with van der Waals surface area (Å²) in [6.45, 7) is 4.30. The van der Waals surface area contributed by atoms with Crippen LogP contribution in [0.25, 0.3) is 0 Å². The second-order valence-corrected chi connectivity index (χ2v) is 7.77. The van der Waals surface area contributed by atoms with Crippen molar-refractivity contribution in [1.29, 1.82) is 5.26 Å². The maximum absolute atomic E-state index is 12.9. The maximum atomic E-state index is 12.9. The highest BCUT2D eigenvalue weighted by molar-refractivity contribution is 5.94. The van der Waals surface area contributed by atoms with E-state index in [1.54, 1.807) is 0 Å². The van der Waals surface area contributed by atoms with Gasteiger partial charge in [-0.3, -0.25) is 4.79 Å². The molecule has 5 nitrogen and oxygen atoms in total. The molecule has 1 fully saturated rings. The molecule has 158 valence electrons. The van der Waals surface area contributed by atoms with Crippen molar-refractivity contribution in [3.8, 4) is 11.8 Å². The number of nitrogens with zero attached hydrogens (tertiary/aromatic N) is 2. The molecular formula is C23H25ClFN3O2. The molecule has 7 heteroatoms. The zero-order chi connectivity index (χ0) is 20.2. The van der Waals surface area contributed by atoms with Gasteiger partial charge in [-0.25, -0.2) is 4.39 Å². The molecule has 0 unspecified atom stereocenters. The molecule has 0 saturated carbocycles. The summed E-state index contributed by atoms with van der Waals surface area (Å²) in [5, 5.41) is 12.1. The van der Waals surface area contributed by atoms with Gasteiger partial charge in [0.2, 0.25) is 0 Å². The Bertz CT molecular complexity index is 929. The number of halogens is 2. The number of ether oxygens (including phenoxy) is 1. The molecular weight excluding hydrogens is 405 g/mol. The highest BCUT2D eigenvalue weighted by Gasteiger charge is 2.38. The molecule has 1 saturated heterocycles. The standard InChI is InChI=1S/C23H24FN3O2.ClH/c24-19-6-4-17(5-7-19)23(28)26-9-1-2-10-27-13-18-15-29-22-8-3-16(12-25)11-20(22)21(18)14-27;/h3-8,11,18,21H,1-2,9-10,13-15H2,(H,26,28);1H/t18-,21+;/m1./s1. The Kier molecular flexibility index (Phi) is 7.30. The van der Waals surface area contributed by atoms with Crippen LogP contribution in [0.15, 0.2) is 42.5 Å². The molecule has 0 radical (unpaired) electrons. The maximum Gasteiger partial charge on any atom is 0.251 e. The van der Waals surface area contributed by atoms with Gasteiger partial charge in [0.05, 0.1) is 18.2 Å². The minimum Gasteiger partial charge on any atom is -0.493 e. The molecule has 0 bridgehead atoms.